The summed E-state index contributed by atoms with van der Waals surface area (Å²) in [5.41, 5.74) is 2.07. The van der Waals surface area contributed by atoms with Crippen molar-refractivity contribution in [2.24, 2.45) is 5.92 Å². The Bertz CT molecular complexity index is 571. The smallest absolute Gasteiger partial charge is 0.423 e. The van der Waals surface area contributed by atoms with Gasteiger partial charge in [0.1, 0.15) is 0 Å². The number of fused-ring (bicyclic) bond motifs is 1. The predicted octanol–water partition coefficient (Wildman–Crippen LogP) is -1.28. The third-order valence-corrected chi connectivity index (χ3v) is 3.84. The Kier molecular flexibility index (Phi) is 3.23. The molecule has 0 bridgehead atoms. The van der Waals surface area contributed by atoms with E-state index in [0.717, 1.165) is 5.56 Å². The number of hydrogen-bond acceptors (Lipinski definition) is 4. The quantitative estimate of drug-likeness (QED) is 0.659. The van der Waals surface area contributed by atoms with Crippen LogP contribution >= 0.6 is 0 Å². The van der Waals surface area contributed by atoms with Crippen molar-refractivity contribution in [2.75, 3.05) is 20.1 Å². The molecule has 0 aliphatic carbocycles. The summed E-state index contributed by atoms with van der Waals surface area (Å²) in [5.74, 6) is -0.272. The van der Waals surface area contributed by atoms with Crippen LogP contribution in [0.15, 0.2) is 18.2 Å². The maximum atomic E-state index is 12.3. The lowest BCUT2D eigenvalue weighted by Crippen LogP contribution is -2.55. The molecule has 20 heavy (non-hydrogen) atoms. The van der Waals surface area contributed by atoms with Crippen LogP contribution in [0.4, 0.5) is 0 Å². The van der Waals surface area contributed by atoms with E-state index < -0.39 is 7.12 Å². The summed E-state index contributed by atoms with van der Waals surface area (Å²) >= 11 is 0. The number of nitrogens with one attached hydrogen (secondary N) is 1. The molecule has 0 unspecified atom stereocenters. The first-order valence-electron chi connectivity index (χ1n) is 6.53. The number of amides is 2. The van der Waals surface area contributed by atoms with Crippen molar-refractivity contribution in [2.45, 2.75) is 6.61 Å². The Balaban J connectivity index is 1.70. The van der Waals surface area contributed by atoms with E-state index in [2.05, 4.69) is 5.32 Å². The summed E-state index contributed by atoms with van der Waals surface area (Å²) in [4.78, 5) is 25.3. The third-order valence-electron chi connectivity index (χ3n) is 3.84. The number of rotatable bonds is 2. The minimum absolute atomic E-state index is 0.0353. The van der Waals surface area contributed by atoms with Gasteiger partial charge in [-0.1, -0.05) is 6.07 Å². The molecule has 2 amide bonds. The molecule has 2 aliphatic heterocycles. The molecule has 0 atom stereocenters. The molecule has 0 saturated carbocycles. The van der Waals surface area contributed by atoms with Crippen LogP contribution in [-0.4, -0.2) is 49.0 Å². The molecule has 1 aromatic rings. The van der Waals surface area contributed by atoms with Gasteiger partial charge in [-0.05, 0) is 23.2 Å². The van der Waals surface area contributed by atoms with E-state index >= 15 is 0 Å². The van der Waals surface area contributed by atoms with Gasteiger partial charge in [0.25, 0.3) is 5.91 Å². The van der Waals surface area contributed by atoms with Crippen LogP contribution in [0.25, 0.3) is 0 Å². The Morgan fingerprint density at radius 1 is 1.45 bits per heavy atom. The molecule has 0 aromatic heterocycles. The number of benzene rings is 1. The number of hydrogen-bond donors (Lipinski definition) is 2. The van der Waals surface area contributed by atoms with Gasteiger partial charge in [-0.15, -0.1) is 0 Å². The summed E-state index contributed by atoms with van der Waals surface area (Å²) in [5, 5.41) is 12.2. The second kappa shape index (κ2) is 4.92. The minimum Gasteiger partial charge on any atom is -0.423 e. The summed E-state index contributed by atoms with van der Waals surface area (Å²) in [6, 6.07) is 5.20. The van der Waals surface area contributed by atoms with Gasteiger partial charge >= 0.3 is 7.12 Å². The van der Waals surface area contributed by atoms with E-state index in [1.54, 1.807) is 30.1 Å². The van der Waals surface area contributed by atoms with E-state index in [9.17, 15) is 14.6 Å². The van der Waals surface area contributed by atoms with Gasteiger partial charge in [-0.25, -0.2) is 0 Å². The van der Waals surface area contributed by atoms with Crippen molar-refractivity contribution in [1.29, 1.82) is 0 Å². The molecule has 0 spiro atoms. The number of carbonyl (C=O) groups is 2. The number of carbonyl (C=O) groups excluding carboxylic acids is 2. The van der Waals surface area contributed by atoms with Crippen molar-refractivity contribution >= 4 is 24.4 Å². The summed E-state index contributed by atoms with van der Waals surface area (Å²) < 4.78 is 5.10. The lowest BCUT2D eigenvalue weighted by molar-refractivity contribution is -0.128. The molecular formula is C13H15BN2O4. The van der Waals surface area contributed by atoms with Gasteiger partial charge < -0.3 is 19.9 Å². The van der Waals surface area contributed by atoms with Crippen molar-refractivity contribution in [3.8, 4) is 0 Å². The first-order valence-corrected chi connectivity index (χ1v) is 6.53. The monoisotopic (exact) mass is 274 g/mol. The average Bonchev–Trinajstić information content (AvgIpc) is 2.78. The molecule has 2 N–H and O–H groups in total. The standard InChI is InChI=1S/C13H15BN2O4/c1-15-12(17)10-5-16(6-10)13(18)8-2-3-9-7-20-14(19)11(9)4-8/h2-4,10,19H,5-7H2,1H3,(H,15,17). The Hall–Kier alpha value is -1.86. The van der Waals surface area contributed by atoms with E-state index in [4.69, 9.17) is 4.65 Å². The molecule has 0 radical (unpaired) electrons. The van der Waals surface area contributed by atoms with E-state index in [1.165, 1.54) is 0 Å². The van der Waals surface area contributed by atoms with Crippen LogP contribution in [0.5, 0.6) is 0 Å². The van der Waals surface area contributed by atoms with Crippen LogP contribution in [0.3, 0.4) is 0 Å². The lowest BCUT2D eigenvalue weighted by Gasteiger charge is -2.38. The van der Waals surface area contributed by atoms with Gasteiger partial charge in [0.05, 0.1) is 12.5 Å². The van der Waals surface area contributed by atoms with Crippen LogP contribution in [0.1, 0.15) is 15.9 Å². The maximum absolute atomic E-state index is 12.3. The number of nitrogens with zero attached hydrogens (tertiary/aromatic N) is 1. The molecule has 1 fully saturated rings. The van der Waals surface area contributed by atoms with Crippen LogP contribution in [0, 0.1) is 5.92 Å². The fourth-order valence-electron chi connectivity index (χ4n) is 2.54. The second-order valence-corrected chi connectivity index (χ2v) is 5.10. The Morgan fingerprint density at radius 3 is 2.90 bits per heavy atom. The van der Waals surface area contributed by atoms with E-state index in [0.29, 0.717) is 30.7 Å². The molecule has 104 valence electrons. The normalized spacial score (nSPS) is 17.7. The molecule has 1 saturated heterocycles. The zero-order chi connectivity index (χ0) is 14.3. The number of likely N-dealkylation sites (tertiary alicyclic amines) is 1. The highest BCUT2D eigenvalue weighted by atomic mass is 16.5. The van der Waals surface area contributed by atoms with Gasteiger partial charge in [-0.3, -0.25) is 9.59 Å². The molecule has 1 aromatic carbocycles. The highest BCUT2D eigenvalue weighted by Crippen LogP contribution is 2.20. The summed E-state index contributed by atoms with van der Waals surface area (Å²) in [7, 11) is 0.641. The van der Waals surface area contributed by atoms with Crippen LogP contribution in [0.2, 0.25) is 0 Å². The fraction of sp³-hybridized carbons (Fsp3) is 0.385. The molecule has 2 aliphatic rings. The average molecular weight is 274 g/mol. The summed E-state index contributed by atoms with van der Waals surface area (Å²) in [6.07, 6.45) is 0. The first kappa shape index (κ1) is 13.1. The largest absolute Gasteiger partial charge is 0.491 e. The molecule has 2 heterocycles. The van der Waals surface area contributed by atoms with Crippen molar-refractivity contribution < 1.29 is 19.3 Å². The first-order chi connectivity index (χ1) is 9.60. The van der Waals surface area contributed by atoms with Crippen molar-refractivity contribution in [1.82, 2.24) is 10.2 Å². The van der Waals surface area contributed by atoms with Crippen LogP contribution in [-0.2, 0) is 16.1 Å². The predicted molar refractivity (Wildman–Crippen MR) is 72.3 cm³/mol. The summed E-state index contributed by atoms with van der Waals surface area (Å²) in [6.45, 7) is 1.25. The van der Waals surface area contributed by atoms with Gasteiger partial charge in [0, 0.05) is 25.7 Å². The van der Waals surface area contributed by atoms with E-state index in [1.807, 2.05) is 0 Å². The molecule has 6 nitrogen and oxygen atoms in total. The van der Waals surface area contributed by atoms with Gasteiger partial charge in [0.15, 0.2) is 0 Å². The third kappa shape index (κ3) is 2.08. The van der Waals surface area contributed by atoms with Gasteiger partial charge in [-0.2, -0.15) is 0 Å². The maximum Gasteiger partial charge on any atom is 0.491 e. The zero-order valence-corrected chi connectivity index (χ0v) is 11.1. The Labute approximate surface area is 116 Å². The van der Waals surface area contributed by atoms with Crippen molar-refractivity contribution in [3.63, 3.8) is 0 Å². The highest BCUT2D eigenvalue weighted by Gasteiger charge is 2.36. The molecule has 3 rings (SSSR count). The van der Waals surface area contributed by atoms with E-state index in [-0.39, 0.29) is 17.7 Å². The lowest BCUT2D eigenvalue weighted by atomic mass is 9.78. The Morgan fingerprint density at radius 2 is 2.20 bits per heavy atom. The van der Waals surface area contributed by atoms with Crippen LogP contribution < -0.4 is 10.8 Å². The van der Waals surface area contributed by atoms with Gasteiger partial charge in [0.2, 0.25) is 5.91 Å². The second-order valence-electron chi connectivity index (χ2n) is 5.10. The fourth-order valence-corrected chi connectivity index (χ4v) is 2.54. The SMILES string of the molecule is CNC(=O)C1CN(C(=O)c2ccc3c(c2)B(O)OC3)C1. The molecule has 7 heteroatoms. The molecular weight excluding hydrogens is 259 g/mol. The topological polar surface area (TPSA) is 78.9 Å². The highest BCUT2D eigenvalue weighted by molar-refractivity contribution is 6.61. The zero-order valence-electron chi connectivity index (χ0n) is 11.1. The van der Waals surface area contributed by atoms with Crippen molar-refractivity contribution in [3.05, 3.63) is 29.3 Å². The minimum atomic E-state index is -0.951.